The average Bonchev–Trinajstić information content (AvgIpc) is 2.53. The Balaban J connectivity index is 1.94. The number of nitrogens with one attached hydrogen (secondary N) is 1. The van der Waals surface area contributed by atoms with Gasteiger partial charge in [0.15, 0.2) is 0 Å². The van der Waals surface area contributed by atoms with Crippen LogP contribution in [0.5, 0.6) is 0 Å². The first kappa shape index (κ1) is 18.4. The normalized spacial score (nSPS) is 21.0. The van der Waals surface area contributed by atoms with Gasteiger partial charge in [0.1, 0.15) is 5.82 Å². The zero-order valence-corrected chi connectivity index (χ0v) is 14.8. The lowest BCUT2D eigenvalue weighted by molar-refractivity contribution is -0.141. The number of rotatable bonds is 5. The number of benzene rings is 1. The maximum atomic E-state index is 12.9. The molecule has 132 valence electrons. The quantitative estimate of drug-likeness (QED) is 0.899. The second-order valence-electron chi connectivity index (χ2n) is 7.39. The lowest BCUT2D eigenvalue weighted by Gasteiger charge is -2.39. The first-order valence-electron chi connectivity index (χ1n) is 8.61. The summed E-state index contributed by atoms with van der Waals surface area (Å²) in [7, 11) is 0. The zero-order valence-electron chi connectivity index (χ0n) is 14.8. The zero-order chi connectivity index (χ0) is 17.7. The average molecular weight is 334 g/mol. The summed E-state index contributed by atoms with van der Waals surface area (Å²) in [6, 6.07) is 6.10. The topological polar surface area (TPSA) is 49.4 Å². The summed E-state index contributed by atoms with van der Waals surface area (Å²) in [5, 5.41) is 2.93. The van der Waals surface area contributed by atoms with E-state index >= 15 is 0 Å². The lowest BCUT2D eigenvalue weighted by Crippen LogP contribution is -2.51. The standard InChI is InChI=1S/C19H27FN2O2/c1-14(2)11-17(23)22-10-4-9-19(3,13-22)18(24)21-12-15-5-7-16(20)8-6-15/h5-8,14H,4,9-13H2,1-3H3,(H,21,24)/t19-/m1/s1. The van der Waals surface area contributed by atoms with Crippen molar-refractivity contribution in [1.29, 1.82) is 0 Å². The highest BCUT2D eigenvalue weighted by Gasteiger charge is 2.39. The van der Waals surface area contributed by atoms with E-state index in [0.29, 0.717) is 25.4 Å². The molecule has 1 saturated heterocycles. The van der Waals surface area contributed by atoms with Gasteiger partial charge in [-0.1, -0.05) is 26.0 Å². The first-order chi connectivity index (χ1) is 11.3. The molecule has 0 bridgehead atoms. The molecule has 0 aromatic heterocycles. The van der Waals surface area contributed by atoms with E-state index in [1.165, 1.54) is 12.1 Å². The first-order valence-corrected chi connectivity index (χ1v) is 8.61. The van der Waals surface area contributed by atoms with E-state index in [4.69, 9.17) is 0 Å². The van der Waals surface area contributed by atoms with Gasteiger partial charge in [-0.2, -0.15) is 0 Å². The predicted octanol–water partition coefficient (Wildman–Crippen LogP) is 3.12. The minimum absolute atomic E-state index is 0.0473. The fourth-order valence-corrected chi connectivity index (χ4v) is 3.11. The fraction of sp³-hybridized carbons (Fsp3) is 0.579. The van der Waals surface area contributed by atoms with E-state index in [2.05, 4.69) is 5.32 Å². The van der Waals surface area contributed by atoms with Gasteiger partial charge in [-0.15, -0.1) is 0 Å². The molecule has 0 radical (unpaired) electrons. The molecule has 1 heterocycles. The van der Waals surface area contributed by atoms with Gasteiger partial charge in [-0.05, 0) is 43.4 Å². The van der Waals surface area contributed by atoms with Crippen LogP contribution >= 0.6 is 0 Å². The van der Waals surface area contributed by atoms with Crippen molar-refractivity contribution in [3.63, 3.8) is 0 Å². The van der Waals surface area contributed by atoms with Crippen LogP contribution < -0.4 is 5.32 Å². The maximum Gasteiger partial charge on any atom is 0.227 e. The highest BCUT2D eigenvalue weighted by molar-refractivity contribution is 5.84. The van der Waals surface area contributed by atoms with Crippen molar-refractivity contribution in [2.75, 3.05) is 13.1 Å². The molecule has 1 aromatic carbocycles. The fourth-order valence-electron chi connectivity index (χ4n) is 3.11. The van der Waals surface area contributed by atoms with Crippen LogP contribution in [0.3, 0.4) is 0 Å². The van der Waals surface area contributed by atoms with Crippen molar-refractivity contribution in [3.05, 3.63) is 35.6 Å². The Labute approximate surface area is 143 Å². The number of nitrogens with zero attached hydrogens (tertiary/aromatic N) is 1. The summed E-state index contributed by atoms with van der Waals surface area (Å²) >= 11 is 0. The Kier molecular flexibility index (Phi) is 5.97. The van der Waals surface area contributed by atoms with Crippen LogP contribution in [0.1, 0.15) is 45.6 Å². The Morgan fingerprint density at radius 2 is 1.96 bits per heavy atom. The van der Waals surface area contributed by atoms with Crippen LogP contribution in [0.2, 0.25) is 0 Å². The largest absolute Gasteiger partial charge is 0.351 e. The smallest absolute Gasteiger partial charge is 0.227 e. The minimum atomic E-state index is -0.565. The van der Waals surface area contributed by atoms with Crippen LogP contribution in [-0.2, 0) is 16.1 Å². The van der Waals surface area contributed by atoms with Crippen LogP contribution in [0.25, 0.3) is 0 Å². The van der Waals surface area contributed by atoms with E-state index in [0.717, 1.165) is 24.9 Å². The molecule has 1 aromatic rings. The molecule has 1 aliphatic heterocycles. The SMILES string of the molecule is CC(C)CC(=O)N1CCC[C@@](C)(C(=O)NCc2ccc(F)cc2)C1. The summed E-state index contributed by atoms with van der Waals surface area (Å²) in [5.74, 6) is 0.109. The van der Waals surface area contributed by atoms with E-state index in [9.17, 15) is 14.0 Å². The van der Waals surface area contributed by atoms with Gasteiger partial charge in [0.05, 0.1) is 5.41 Å². The monoisotopic (exact) mass is 334 g/mol. The third-order valence-electron chi connectivity index (χ3n) is 4.55. The van der Waals surface area contributed by atoms with E-state index in [1.807, 2.05) is 25.7 Å². The number of hydrogen-bond acceptors (Lipinski definition) is 2. The molecular weight excluding hydrogens is 307 g/mol. The number of likely N-dealkylation sites (tertiary alicyclic amines) is 1. The third-order valence-corrected chi connectivity index (χ3v) is 4.55. The Hall–Kier alpha value is -1.91. The van der Waals surface area contributed by atoms with Crippen molar-refractivity contribution in [3.8, 4) is 0 Å². The molecule has 5 heteroatoms. The Morgan fingerprint density at radius 1 is 1.29 bits per heavy atom. The highest BCUT2D eigenvalue weighted by atomic mass is 19.1. The predicted molar refractivity (Wildman–Crippen MR) is 91.6 cm³/mol. The molecule has 1 atom stereocenters. The van der Waals surface area contributed by atoms with Gasteiger partial charge in [0.2, 0.25) is 11.8 Å². The molecular formula is C19H27FN2O2. The Bertz CT molecular complexity index is 586. The van der Waals surface area contributed by atoms with Crippen LogP contribution in [0.15, 0.2) is 24.3 Å². The Morgan fingerprint density at radius 3 is 2.58 bits per heavy atom. The molecule has 4 nitrogen and oxygen atoms in total. The minimum Gasteiger partial charge on any atom is -0.351 e. The third kappa shape index (κ3) is 4.79. The molecule has 1 aliphatic rings. The molecule has 0 saturated carbocycles. The van der Waals surface area contributed by atoms with Gasteiger partial charge < -0.3 is 10.2 Å². The van der Waals surface area contributed by atoms with Gasteiger partial charge >= 0.3 is 0 Å². The maximum absolute atomic E-state index is 12.9. The number of carbonyl (C=O) groups excluding carboxylic acids is 2. The number of hydrogen-bond donors (Lipinski definition) is 1. The molecule has 1 fully saturated rings. The van der Waals surface area contributed by atoms with Crippen LogP contribution in [-0.4, -0.2) is 29.8 Å². The van der Waals surface area contributed by atoms with Crippen LogP contribution in [0.4, 0.5) is 4.39 Å². The van der Waals surface area contributed by atoms with E-state index in [-0.39, 0.29) is 17.6 Å². The van der Waals surface area contributed by atoms with Crippen molar-refractivity contribution in [1.82, 2.24) is 10.2 Å². The lowest BCUT2D eigenvalue weighted by atomic mass is 9.80. The van der Waals surface area contributed by atoms with E-state index in [1.54, 1.807) is 12.1 Å². The van der Waals surface area contributed by atoms with Gasteiger partial charge in [-0.3, -0.25) is 9.59 Å². The van der Waals surface area contributed by atoms with Crippen molar-refractivity contribution < 1.29 is 14.0 Å². The van der Waals surface area contributed by atoms with Gasteiger partial charge in [0.25, 0.3) is 0 Å². The second kappa shape index (κ2) is 7.77. The number of amides is 2. The molecule has 2 amide bonds. The number of carbonyl (C=O) groups is 2. The number of piperidine rings is 1. The summed E-state index contributed by atoms with van der Waals surface area (Å²) in [6.07, 6.45) is 2.13. The molecule has 24 heavy (non-hydrogen) atoms. The summed E-state index contributed by atoms with van der Waals surface area (Å²) in [4.78, 5) is 26.7. The number of halogens is 1. The van der Waals surface area contributed by atoms with E-state index < -0.39 is 5.41 Å². The molecule has 0 unspecified atom stereocenters. The van der Waals surface area contributed by atoms with Gasteiger partial charge in [0, 0.05) is 26.1 Å². The van der Waals surface area contributed by atoms with Crippen molar-refractivity contribution in [2.24, 2.45) is 11.3 Å². The summed E-state index contributed by atoms with van der Waals surface area (Å²) in [6.45, 7) is 7.53. The molecule has 1 N–H and O–H groups in total. The second-order valence-corrected chi connectivity index (χ2v) is 7.39. The molecule has 2 rings (SSSR count). The molecule has 0 aliphatic carbocycles. The van der Waals surface area contributed by atoms with Gasteiger partial charge in [-0.25, -0.2) is 4.39 Å². The highest BCUT2D eigenvalue weighted by Crippen LogP contribution is 2.30. The molecule has 0 spiro atoms. The van der Waals surface area contributed by atoms with Crippen LogP contribution in [0, 0.1) is 17.2 Å². The summed E-state index contributed by atoms with van der Waals surface area (Å²) < 4.78 is 12.9. The van der Waals surface area contributed by atoms with Crippen molar-refractivity contribution in [2.45, 2.75) is 46.6 Å². The summed E-state index contributed by atoms with van der Waals surface area (Å²) in [5.41, 5.74) is 0.294. The van der Waals surface area contributed by atoms with Crippen molar-refractivity contribution >= 4 is 11.8 Å².